The highest BCUT2D eigenvalue weighted by atomic mass is 35.5. The van der Waals surface area contributed by atoms with Gasteiger partial charge < -0.3 is 21.3 Å². The van der Waals surface area contributed by atoms with Crippen LogP contribution in [0.2, 0.25) is 5.02 Å². The summed E-state index contributed by atoms with van der Waals surface area (Å²) in [6.07, 6.45) is 6.27. The van der Waals surface area contributed by atoms with Crippen molar-refractivity contribution in [3.8, 4) is 0 Å². The van der Waals surface area contributed by atoms with E-state index < -0.39 is 0 Å². The molecule has 8 heteroatoms. The lowest BCUT2D eigenvalue weighted by molar-refractivity contribution is -0.114. The SMILES string of the molecule is CCC(C)NC(=O)c1ccc(NCC(=O)Nc2ccc(Cl)c(C(=O)NC3CCCCC3)c2)cc1. The summed E-state index contributed by atoms with van der Waals surface area (Å²) in [7, 11) is 0. The standard InChI is InChI=1S/C26H33ClN4O3/c1-3-17(2)29-25(33)18-9-11-19(12-10-18)28-16-24(32)30-21-13-14-23(27)22(15-21)26(34)31-20-7-5-4-6-8-20/h9-15,17,20,28H,3-8,16H2,1-2H3,(H,29,33)(H,30,32)(H,31,34). The molecule has 0 spiro atoms. The normalized spacial score (nSPS) is 14.7. The molecule has 1 unspecified atom stereocenters. The summed E-state index contributed by atoms with van der Waals surface area (Å²) >= 11 is 6.24. The molecule has 0 heterocycles. The van der Waals surface area contributed by atoms with E-state index in [4.69, 9.17) is 11.6 Å². The fourth-order valence-corrected chi connectivity index (χ4v) is 4.03. The van der Waals surface area contributed by atoms with Crippen molar-refractivity contribution >= 4 is 40.7 Å². The molecule has 3 rings (SSSR count). The lowest BCUT2D eigenvalue weighted by Crippen LogP contribution is -2.36. The Hall–Kier alpha value is -3.06. The Morgan fingerprint density at radius 2 is 1.65 bits per heavy atom. The Bertz CT molecular complexity index is 1000. The van der Waals surface area contributed by atoms with E-state index in [1.165, 1.54) is 6.42 Å². The molecule has 1 aliphatic carbocycles. The molecule has 0 aromatic heterocycles. The monoisotopic (exact) mass is 484 g/mol. The van der Waals surface area contributed by atoms with Crippen molar-refractivity contribution in [2.75, 3.05) is 17.2 Å². The molecule has 3 amide bonds. The largest absolute Gasteiger partial charge is 0.376 e. The third kappa shape index (κ3) is 7.48. The summed E-state index contributed by atoms with van der Waals surface area (Å²) in [4.78, 5) is 37.3. The Morgan fingerprint density at radius 1 is 0.971 bits per heavy atom. The van der Waals surface area contributed by atoms with Gasteiger partial charge in [-0.05, 0) is 68.7 Å². The van der Waals surface area contributed by atoms with Gasteiger partial charge >= 0.3 is 0 Å². The van der Waals surface area contributed by atoms with Crippen LogP contribution in [0.5, 0.6) is 0 Å². The van der Waals surface area contributed by atoms with Crippen LogP contribution in [0, 0.1) is 0 Å². The Labute approximate surface area is 206 Å². The molecule has 2 aromatic rings. The molecule has 0 aliphatic heterocycles. The summed E-state index contributed by atoms with van der Waals surface area (Å²) < 4.78 is 0. The average molecular weight is 485 g/mol. The maximum atomic E-state index is 12.7. The molecule has 0 radical (unpaired) electrons. The fraction of sp³-hybridized carbons (Fsp3) is 0.423. The number of hydrogen-bond donors (Lipinski definition) is 4. The molecule has 0 bridgehead atoms. The van der Waals surface area contributed by atoms with E-state index in [2.05, 4.69) is 21.3 Å². The van der Waals surface area contributed by atoms with Crippen LogP contribution in [0.3, 0.4) is 0 Å². The molecule has 1 saturated carbocycles. The van der Waals surface area contributed by atoms with Crippen LogP contribution in [0.25, 0.3) is 0 Å². The van der Waals surface area contributed by atoms with Crippen LogP contribution < -0.4 is 21.3 Å². The number of hydrogen-bond acceptors (Lipinski definition) is 4. The summed E-state index contributed by atoms with van der Waals surface area (Å²) in [6, 6.07) is 12.1. The molecule has 182 valence electrons. The number of carbonyl (C=O) groups is 3. The molecular weight excluding hydrogens is 452 g/mol. The maximum Gasteiger partial charge on any atom is 0.253 e. The number of carbonyl (C=O) groups excluding carboxylic acids is 3. The number of amides is 3. The molecule has 4 N–H and O–H groups in total. The lowest BCUT2D eigenvalue weighted by atomic mass is 9.95. The van der Waals surface area contributed by atoms with E-state index in [1.54, 1.807) is 42.5 Å². The van der Waals surface area contributed by atoms with Gasteiger partial charge in [-0.1, -0.05) is 37.8 Å². The highest BCUT2D eigenvalue weighted by Crippen LogP contribution is 2.23. The minimum Gasteiger partial charge on any atom is -0.376 e. The van der Waals surface area contributed by atoms with E-state index in [0.717, 1.165) is 37.8 Å². The van der Waals surface area contributed by atoms with E-state index >= 15 is 0 Å². The molecule has 34 heavy (non-hydrogen) atoms. The lowest BCUT2D eigenvalue weighted by Gasteiger charge is -2.23. The van der Waals surface area contributed by atoms with E-state index in [0.29, 0.717) is 21.8 Å². The molecule has 7 nitrogen and oxygen atoms in total. The Kier molecular flexibility index (Phi) is 9.33. The third-order valence-electron chi connectivity index (χ3n) is 6.03. The number of rotatable bonds is 9. The van der Waals surface area contributed by atoms with Crippen molar-refractivity contribution in [3.05, 3.63) is 58.6 Å². The van der Waals surface area contributed by atoms with Crippen LogP contribution in [0.1, 0.15) is 73.1 Å². The quantitative estimate of drug-likeness (QED) is 0.403. The van der Waals surface area contributed by atoms with Crippen molar-refractivity contribution in [1.82, 2.24) is 10.6 Å². The zero-order chi connectivity index (χ0) is 24.5. The highest BCUT2D eigenvalue weighted by Gasteiger charge is 2.19. The van der Waals surface area contributed by atoms with Gasteiger partial charge in [0.15, 0.2) is 0 Å². The van der Waals surface area contributed by atoms with E-state index in [1.807, 2.05) is 13.8 Å². The van der Waals surface area contributed by atoms with Crippen molar-refractivity contribution in [2.45, 2.75) is 64.5 Å². The first-order valence-corrected chi connectivity index (χ1v) is 12.3. The van der Waals surface area contributed by atoms with Gasteiger partial charge in [0.25, 0.3) is 11.8 Å². The molecular formula is C26H33ClN4O3. The topological polar surface area (TPSA) is 99.3 Å². The fourth-order valence-electron chi connectivity index (χ4n) is 3.82. The smallest absolute Gasteiger partial charge is 0.253 e. The second kappa shape index (κ2) is 12.4. The Morgan fingerprint density at radius 3 is 2.32 bits per heavy atom. The second-order valence-electron chi connectivity index (χ2n) is 8.76. The van der Waals surface area contributed by atoms with Crippen LogP contribution in [0.15, 0.2) is 42.5 Å². The highest BCUT2D eigenvalue weighted by molar-refractivity contribution is 6.34. The predicted molar refractivity (Wildman–Crippen MR) is 137 cm³/mol. The summed E-state index contributed by atoms with van der Waals surface area (Å²) in [6.45, 7) is 4.00. The van der Waals surface area contributed by atoms with Crippen LogP contribution in [-0.4, -0.2) is 36.3 Å². The zero-order valence-corrected chi connectivity index (χ0v) is 20.5. The average Bonchev–Trinajstić information content (AvgIpc) is 2.84. The summed E-state index contributed by atoms with van der Waals surface area (Å²) in [5.41, 5.74) is 2.14. The predicted octanol–water partition coefficient (Wildman–Crippen LogP) is 4.98. The maximum absolute atomic E-state index is 12.7. The van der Waals surface area contributed by atoms with E-state index in [9.17, 15) is 14.4 Å². The number of anilines is 2. The Balaban J connectivity index is 1.52. The number of benzene rings is 2. The van der Waals surface area contributed by atoms with Gasteiger partial charge in [-0.3, -0.25) is 14.4 Å². The van der Waals surface area contributed by atoms with E-state index in [-0.39, 0.29) is 36.3 Å². The van der Waals surface area contributed by atoms with Gasteiger partial charge in [-0.15, -0.1) is 0 Å². The van der Waals surface area contributed by atoms with Gasteiger partial charge in [-0.25, -0.2) is 0 Å². The van der Waals surface area contributed by atoms with Crippen LogP contribution in [-0.2, 0) is 4.79 Å². The molecule has 0 saturated heterocycles. The molecule has 2 aromatic carbocycles. The van der Waals surface area contributed by atoms with Gasteiger partial charge in [0, 0.05) is 29.0 Å². The molecule has 1 aliphatic rings. The number of nitrogens with one attached hydrogen (secondary N) is 4. The van der Waals surface area contributed by atoms with Gasteiger partial charge in [0.05, 0.1) is 17.1 Å². The minimum absolute atomic E-state index is 0.0324. The first kappa shape index (κ1) is 25.6. The summed E-state index contributed by atoms with van der Waals surface area (Å²) in [5.74, 6) is -0.604. The van der Waals surface area contributed by atoms with Crippen molar-refractivity contribution in [2.24, 2.45) is 0 Å². The van der Waals surface area contributed by atoms with Crippen molar-refractivity contribution in [3.63, 3.8) is 0 Å². The second-order valence-corrected chi connectivity index (χ2v) is 9.17. The zero-order valence-electron chi connectivity index (χ0n) is 19.7. The summed E-state index contributed by atoms with van der Waals surface area (Å²) in [5, 5.41) is 12.2. The van der Waals surface area contributed by atoms with Crippen molar-refractivity contribution < 1.29 is 14.4 Å². The number of halogens is 1. The van der Waals surface area contributed by atoms with Crippen LogP contribution in [0.4, 0.5) is 11.4 Å². The molecule has 1 fully saturated rings. The molecule has 1 atom stereocenters. The van der Waals surface area contributed by atoms with Gasteiger partial charge in [0.2, 0.25) is 5.91 Å². The van der Waals surface area contributed by atoms with Crippen LogP contribution >= 0.6 is 11.6 Å². The van der Waals surface area contributed by atoms with Crippen molar-refractivity contribution in [1.29, 1.82) is 0 Å². The van der Waals surface area contributed by atoms with Gasteiger partial charge in [0.1, 0.15) is 0 Å². The minimum atomic E-state index is -0.264. The first-order chi connectivity index (χ1) is 16.4. The van der Waals surface area contributed by atoms with Gasteiger partial charge in [-0.2, -0.15) is 0 Å². The third-order valence-corrected chi connectivity index (χ3v) is 6.35. The first-order valence-electron chi connectivity index (χ1n) is 11.9.